The first-order valence-corrected chi connectivity index (χ1v) is 8.12. The van der Waals surface area contributed by atoms with Gasteiger partial charge in [-0.05, 0) is 28.1 Å². The first-order valence-electron chi connectivity index (χ1n) is 5.07. The van der Waals surface area contributed by atoms with E-state index in [9.17, 15) is 26.4 Å². The monoisotopic (exact) mass is 394 g/mol. The van der Waals surface area contributed by atoms with Crippen LogP contribution in [0.25, 0.3) is 0 Å². The Morgan fingerprint density at radius 1 is 1.45 bits per heavy atom. The standard InChI is InChI=1S/C9H10BrF3N2O3S2/c1-15(4-7(16)14-5-9(11,12)13)20(17,18)8-3-2-6(10)19-8/h2-3H,4-5H2,1H3,(H,14,16). The van der Waals surface area contributed by atoms with E-state index in [0.29, 0.717) is 8.09 Å². The minimum Gasteiger partial charge on any atom is -0.346 e. The van der Waals surface area contributed by atoms with Crippen LogP contribution in [0, 0.1) is 0 Å². The first kappa shape index (κ1) is 17.4. The third-order valence-electron chi connectivity index (χ3n) is 2.07. The lowest BCUT2D eigenvalue weighted by Gasteiger charge is -2.16. The second kappa shape index (κ2) is 6.41. The normalized spacial score (nSPS) is 12.7. The van der Waals surface area contributed by atoms with Crippen molar-refractivity contribution in [3.05, 3.63) is 15.9 Å². The van der Waals surface area contributed by atoms with Crippen LogP contribution in [0.3, 0.4) is 0 Å². The van der Waals surface area contributed by atoms with E-state index in [1.54, 1.807) is 5.32 Å². The number of alkyl halides is 3. The SMILES string of the molecule is CN(CC(=O)NCC(F)(F)F)S(=O)(=O)c1ccc(Br)s1. The lowest BCUT2D eigenvalue weighted by Crippen LogP contribution is -2.41. The molecular weight excluding hydrogens is 385 g/mol. The number of hydrogen-bond acceptors (Lipinski definition) is 4. The van der Waals surface area contributed by atoms with E-state index in [0.717, 1.165) is 18.4 Å². The summed E-state index contributed by atoms with van der Waals surface area (Å²) in [6, 6.07) is 2.86. The number of hydrogen-bond donors (Lipinski definition) is 1. The van der Waals surface area contributed by atoms with Crippen LogP contribution in [0.4, 0.5) is 13.2 Å². The molecule has 1 amide bonds. The maximum atomic E-state index is 12.0. The third-order valence-corrected chi connectivity index (χ3v) is 5.96. The van der Waals surface area contributed by atoms with Gasteiger partial charge in [-0.15, -0.1) is 11.3 Å². The van der Waals surface area contributed by atoms with Crippen LogP contribution >= 0.6 is 27.3 Å². The Morgan fingerprint density at radius 3 is 2.50 bits per heavy atom. The molecule has 1 heterocycles. The molecule has 1 N–H and O–H groups in total. The largest absolute Gasteiger partial charge is 0.405 e. The number of carbonyl (C=O) groups excluding carboxylic acids is 1. The van der Waals surface area contributed by atoms with E-state index in [4.69, 9.17) is 0 Å². The molecule has 0 saturated carbocycles. The maximum absolute atomic E-state index is 12.0. The smallest absolute Gasteiger partial charge is 0.346 e. The Balaban J connectivity index is 2.66. The summed E-state index contributed by atoms with van der Waals surface area (Å²) in [5.41, 5.74) is 0. The molecule has 0 spiro atoms. The highest BCUT2D eigenvalue weighted by Gasteiger charge is 2.29. The molecule has 1 aromatic heterocycles. The number of thiophene rings is 1. The lowest BCUT2D eigenvalue weighted by atomic mass is 10.5. The molecule has 20 heavy (non-hydrogen) atoms. The zero-order chi connectivity index (χ0) is 15.6. The summed E-state index contributed by atoms with van der Waals surface area (Å²) in [5, 5.41) is 1.61. The van der Waals surface area contributed by atoms with Gasteiger partial charge in [0, 0.05) is 7.05 Å². The van der Waals surface area contributed by atoms with E-state index in [1.807, 2.05) is 0 Å². The molecule has 5 nitrogen and oxygen atoms in total. The number of nitrogens with zero attached hydrogens (tertiary/aromatic N) is 1. The second-order valence-electron chi connectivity index (χ2n) is 3.71. The molecule has 0 aliphatic carbocycles. The summed E-state index contributed by atoms with van der Waals surface area (Å²) in [7, 11) is -2.77. The minimum atomic E-state index is -4.54. The van der Waals surface area contributed by atoms with E-state index in [-0.39, 0.29) is 4.21 Å². The topological polar surface area (TPSA) is 66.5 Å². The summed E-state index contributed by atoms with van der Waals surface area (Å²) < 4.78 is 61.0. The van der Waals surface area contributed by atoms with Crippen LogP contribution < -0.4 is 5.32 Å². The third kappa shape index (κ3) is 5.04. The van der Waals surface area contributed by atoms with Gasteiger partial charge in [-0.3, -0.25) is 4.79 Å². The summed E-state index contributed by atoms with van der Waals surface area (Å²) in [5.74, 6) is -1.02. The number of rotatable bonds is 5. The molecule has 1 rings (SSSR count). The van der Waals surface area contributed by atoms with Crippen molar-refractivity contribution >= 4 is 43.2 Å². The van der Waals surface area contributed by atoms with E-state index < -0.39 is 35.2 Å². The molecular formula is C9H10BrF3N2O3S2. The zero-order valence-corrected chi connectivity index (χ0v) is 13.3. The average Bonchev–Trinajstić information content (AvgIpc) is 2.73. The molecule has 114 valence electrons. The molecule has 0 saturated heterocycles. The summed E-state index contributed by atoms with van der Waals surface area (Å²) >= 11 is 4.05. The molecule has 0 fully saturated rings. The van der Waals surface area contributed by atoms with Crippen molar-refractivity contribution in [1.29, 1.82) is 0 Å². The fraction of sp³-hybridized carbons (Fsp3) is 0.444. The molecule has 11 heteroatoms. The first-order chi connectivity index (χ1) is 9.02. The summed E-state index contributed by atoms with van der Waals surface area (Å²) in [4.78, 5) is 11.3. The van der Waals surface area contributed by atoms with Gasteiger partial charge in [-0.2, -0.15) is 17.5 Å². The highest BCUT2D eigenvalue weighted by atomic mass is 79.9. The van der Waals surface area contributed by atoms with Crippen LogP contribution in [-0.2, 0) is 14.8 Å². The van der Waals surface area contributed by atoms with Crippen molar-refractivity contribution in [3.63, 3.8) is 0 Å². The van der Waals surface area contributed by atoms with E-state index in [1.165, 1.54) is 12.1 Å². The summed E-state index contributed by atoms with van der Waals surface area (Å²) in [6.45, 7) is -2.18. The van der Waals surface area contributed by atoms with Crippen molar-refractivity contribution in [2.75, 3.05) is 20.1 Å². The maximum Gasteiger partial charge on any atom is 0.405 e. The molecule has 0 bridgehead atoms. The molecule has 0 unspecified atom stereocenters. The van der Waals surface area contributed by atoms with Gasteiger partial charge in [-0.25, -0.2) is 8.42 Å². The predicted octanol–water partition coefficient (Wildman–Crippen LogP) is 1.81. The van der Waals surface area contributed by atoms with Crippen LogP contribution in [0.5, 0.6) is 0 Å². The van der Waals surface area contributed by atoms with Crippen LogP contribution in [0.1, 0.15) is 0 Å². The van der Waals surface area contributed by atoms with Gasteiger partial charge in [-0.1, -0.05) is 0 Å². The quantitative estimate of drug-likeness (QED) is 0.827. The average molecular weight is 395 g/mol. The van der Waals surface area contributed by atoms with Gasteiger partial charge >= 0.3 is 6.18 Å². The number of carbonyl (C=O) groups is 1. The van der Waals surface area contributed by atoms with Gasteiger partial charge < -0.3 is 5.32 Å². The Labute approximate surface area is 125 Å². The predicted molar refractivity (Wildman–Crippen MR) is 70.9 cm³/mol. The Kier molecular flexibility index (Phi) is 5.58. The van der Waals surface area contributed by atoms with Gasteiger partial charge in [0.25, 0.3) is 10.0 Å². The minimum absolute atomic E-state index is 0.00417. The highest BCUT2D eigenvalue weighted by molar-refractivity contribution is 9.11. The Morgan fingerprint density at radius 2 is 2.05 bits per heavy atom. The van der Waals surface area contributed by atoms with Gasteiger partial charge in [0.15, 0.2) is 0 Å². The van der Waals surface area contributed by atoms with Gasteiger partial charge in [0.05, 0.1) is 10.3 Å². The highest BCUT2D eigenvalue weighted by Crippen LogP contribution is 2.27. The van der Waals surface area contributed by atoms with Gasteiger partial charge in [0.2, 0.25) is 5.91 Å². The number of halogens is 4. The van der Waals surface area contributed by atoms with Crippen molar-refractivity contribution in [2.45, 2.75) is 10.4 Å². The number of likely N-dealkylation sites (N-methyl/N-ethyl adjacent to an activating group) is 1. The van der Waals surface area contributed by atoms with Crippen molar-refractivity contribution < 1.29 is 26.4 Å². The molecule has 1 aromatic rings. The second-order valence-corrected chi connectivity index (χ2v) is 8.45. The molecule has 0 atom stereocenters. The number of amides is 1. The van der Waals surface area contributed by atoms with Crippen molar-refractivity contribution in [1.82, 2.24) is 9.62 Å². The van der Waals surface area contributed by atoms with Crippen LogP contribution in [0.2, 0.25) is 0 Å². The molecule has 0 aromatic carbocycles. The Bertz CT molecular complexity index is 586. The fourth-order valence-electron chi connectivity index (χ4n) is 1.13. The molecule has 0 aliphatic heterocycles. The number of sulfonamides is 1. The Hall–Kier alpha value is -0.650. The lowest BCUT2D eigenvalue weighted by molar-refractivity contribution is -0.138. The van der Waals surface area contributed by atoms with Crippen molar-refractivity contribution in [2.24, 2.45) is 0 Å². The van der Waals surface area contributed by atoms with Crippen molar-refractivity contribution in [3.8, 4) is 0 Å². The number of nitrogens with one attached hydrogen (secondary N) is 1. The summed E-state index contributed by atoms with van der Waals surface area (Å²) in [6.07, 6.45) is -4.54. The van der Waals surface area contributed by atoms with Crippen LogP contribution in [0.15, 0.2) is 20.1 Å². The van der Waals surface area contributed by atoms with E-state index >= 15 is 0 Å². The van der Waals surface area contributed by atoms with E-state index in [2.05, 4.69) is 15.9 Å². The van der Waals surface area contributed by atoms with Crippen LogP contribution in [-0.4, -0.2) is 44.9 Å². The molecule has 0 aliphatic rings. The van der Waals surface area contributed by atoms with Gasteiger partial charge in [0.1, 0.15) is 10.8 Å². The zero-order valence-electron chi connectivity index (χ0n) is 10.1. The fourth-order valence-corrected chi connectivity index (χ4v) is 4.48. The molecule has 0 radical (unpaired) electrons.